The van der Waals surface area contributed by atoms with Crippen LogP contribution in [0, 0.1) is 0 Å². The van der Waals surface area contributed by atoms with E-state index in [0.29, 0.717) is 24.2 Å². The summed E-state index contributed by atoms with van der Waals surface area (Å²) in [6.07, 6.45) is 2.31. The maximum atomic E-state index is 11.7. The van der Waals surface area contributed by atoms with E-state index < -0.39 is 0 Å². The fraction of sp³-hybridized carbons (Fsp3) is 0.154. The van der Waals surface area contributed by atoms with Crippen molar-refractivity contribution in [1.82, 2.24) is 5.32 Å². The fourth-order valence-corrected chi connectivity index (χ4v) is 1.49. The normalized spacial score (nSPS) is 10.1. The minimum atomic E-state index is -0.100. The van der Waals surface area contributed by atoms with E-state index in [9.17, 15) is 4.79 Å². The zero-order valence-electron chi connectivity index (χ0n) is 9.35. The second-order valence-electron chi connectivity index (χ2n) is 3.71. The van der Waals surface area contributed by atoms with Crippen LogP contribution >= 0.6 is 0 Å². The van der Waals surface area contributed by atoms with Crippen LogP contribution in [0.4, 0.5) is 5.69 Å². The molecule has 1 aromatic heterocycles. The monoisotopic (exact) mass is 230 g/mol. The largest absolute Gasteiger partial charge is 0.469 e. The maximum absolute atomic E-state index is 11.7. The first-order valence-electron chi connectivity index (χ1n) is 5.42. The minimum Gasteiger partial charge on any atom is -0.469 e. The predicted molar refractivity (Wildman–Crippen MR) is 65.6 cm³/mol. The zero-order chi connectivity index (χ0) is 12.1. The molecule has 0 bridgehead atoms. The van der Waals surface area contributed by atoms with Gasteiger partial charge in [-0.15, -0.1) is 0 Å². The molecule has 2 aromatic rings. The molecular formula is C13H14N2O2. The highest BCUT2D eigenvalue weighted by Gasteiger charge is 2.04. The molecule has 0 fully saturated rings. The van der Waals surface area contributed by atoms with Gasteiger partial charge in [-0.1, -0.05) is 0 Å². The number of nitrogen functional groups attached to an aromatic ring is 1. The Morgan fingerprint density at radius 1 is 1.24 bits per heavy atom. The number of carbonyl (C=O) groups excluding carboxylic acids is 1. The first-order chi connectivity index (χ1) is 8.25. The molecule has 0 saturated heterocycles. The number of anilines is 1. The first-order valence-corrected chi connectivity index (χ1v) is 5.42. The van der Waals surface area contributed by atoms with Gasteiger partial charge in [-0.05, 0) is 36.4 Å². The topological polar surface area (TPSA) is 68.3 Å². The van der Waals surface area contributed by atoms with Crippen LogP contribution in [0.1, 0.15) is 16.1 Å². The van der Waals surface area contributed by atoms with Crippen molar-refractivity contribution in [3.05, 3.63) is 54.0 Å². The average molecular weight is 230 g/mol. The molecule has 0 aliphatic carbocycles. The van der Waals surface area contributed by atoms with Crippen molar-refractivity contribution in [2.75, 3.05) is 12.3 Å². The molecule has 88 valence electrons. The minimum absolute atomic E-state index is 0.100. The number of hydrogen-bond donors (Lipinski definition) is 2. The molecule has 0 atom stereocenters. The molecule has 0 aliphatic rings. The van der Waals surface area contributed by atoms with Gasteiger partial charge in [0.25, 0.3) is 5.91 Å². The summed E-state index contributed by atoms with van der Waals surface area (Å²) >= 11 is 0. The third-order valence-corrected chi connectivity index (χ3v) is 2.41. The van der Waals surface area contributed by atoms with Gasteiger partial charge in [0.2, 0.25) is 0 Å². The first kappa shape index (κ1) is 11.3. The van der Waals surface area contributed by atoms with Gasteiger partial charge in [0.1, 0.15) is 5.76 Å². The van der Waals surface area contributed by atoms with Gasteiger partial charge in [0.05, 0.1) is 6.26 Å². The highest BCUT2D eigenvalue weighted by atomic mass is 16.3. The van der Waals surface area contributed by atoms with Gasteiger partial charge in [-0.2, -0.15) is 0 Å². The van der Waals surface area contributed by atoms with Crippen LogP contribution < -0.4 is 11.1 Å². The van der Waals surface area contributed by atoms with Gasteiger partial charge >= 0.3 is 0 Å². The van der Waals surface area contributed by atoms with Crippen LogP contribution in [0.2, 0.25) is 0 Å². The van der Waals surface area contributed by atoms with Crippen LogP contribution in [0.15, 0.2) is 47.1 Å². The Kier molecular flexibility index (Phi) is 3.45. The Bertz CT molecular complexity index is 475. The third kappa shape index (κ3) is 3.11. The van der Waals surface area contributed by atoms with E-state index in [1.807, 2.05) is 12.1 Å². The number of carbonyl (C=O) groups is 1. The Labute approximate surface area is 99.4 Å². The summed E-state index contributed by atoms with van der Waals surface area (Å²) in [5.74, 6) is 0.763. The van der Waals surface area contributed by atoms with Crippen molar-refractivity contribution >= 4 is 11.6 Å². The summed E-state index contributed by atoms with van der Waals surface area (Å²) in [5, 5.41) is 2.82. The standard InChI is InChI=1S/C13H14N2O2/c14-11-5-3-10(4-6-11)13(16)15-8-7-12-2-1-9-17-12/h1-6,9H,7-8,14H2,(H,15,16). The predicted octanol–water partition coefficient (Wildman–Crippen LogP) is 1.83. The van der Waals surface area contributed by atoms with Gasteiger partial charge in [-0.25, -0.2) is 0 Å². The molecule has 1 aromatic carbocycles. The van der Waals surface area contributed by atoms with Crippen LogP contribution in [0.3, 0.4) is 0 Å². The molecule has 1 amide bonds. The summed E-state index contributed by atoms with van der Waals surface area (Å²) in [7, 11) is 0. The lowest BCUT2D eigenvalue weighted by Gasteiger charge is -2.04. The zero-order valence-corrected chi connectivity index (χ0v) is 9.35. The molecule has 0 unspecified atom stereocenters. The quantitative estimate of drug-likeness (QED) is 0.787. The molecule has 3 N–H and O–H groups in total. The number of hydrogen-bond acceptors (Lipinski definition) is 3. The number of benzene rings is 1. The van der Waals surface area contributed by atoms with Gasteiger partial charge in [-0.3, -0.25) is 4.79 Å². The number of amides is 1. The molecular weight excluding hydrogens is 216 g/mol. The maximum Gasteiger partial charge on any atom is 0.251 e. The molecule has 0 spiro atoms. The Morgan fingerprint density at radius 2 is 2.00 bits per heavy atom. The van der Waals surface area contributed by atoms with E-state index >= 15 is 0 Å². The Balaban J connectivity index is 1.83. The smallest absolute Gasteiger partial charge is 0.251 e. The van der Waals surface area contributed by atoms with Crippen molar-refractivity contribution in [2.24, 2.45) is 0 Å². The van der Waals surface area contributed by atoms with E-state index in [1.165, 1.54) is 0 Å². The van der Waals surface area contributed by atoms with Crippen molar-refractivity contribution in [3.63, 3.8) is 0 Å². The lowest BCUT2D eigenvalue weighted by atomic mass is 10.2. The van der Waals surface area contributed by atoms with E-state index in [0.717, 1.165) is 5.76 Å². The average Bonchev–Trinajstić information content (AvgIpc) is 2.83. The van der Waals surface area contributed by atoms with Crippen LogP contribution in [0.5, 0.6) is 0 Å². The highest BCUT2D eigenvalue weighted by Crippen LogP contribution is 2.05. The van der Waals surface area contributed by atoms with E-state index in [1.54, 1.807) is 30.5 Å². The lowest BCUT2D eigenvalue weighted by Crippen LogP contribution is -2.25. The molecule has 4 nitrogen and oxygen atoms in total. The fourth-order valence-electron chi connectivity index (χ4n) is 1.49. The van der Waals surface area contributed by atoms with Crippen molar-refractivity contribution in [1.29, 1.82) is 0 Å². The summed E-state index contributed by atoms with van der Waals surface area (Å²) in [5.41, 5.74) is 6.81. The molecule has 0 aliphatic heterocycles. The third-order valence-electron chi connectivity index (χ3n) is 2.41. The number of furan rings is 1. The second kappa shape index (κ2) is 5.21. The molecule has 17 heavy (non-hydrogen) atoms. The highest BCUT2D eigenvalue weighted by molar-refractivity contribution is 5.94. The summed E-state index contributed by atoms with van der Waals surface area (Å²) < 4.78 is 5.17. The molecule has 0 saturated carbocycles. The lowest BCUT2D eigenvalue weighted by molar-refractivity contribution is 0.0954. The van der Waals surface area contributed by atoms with Gasteiger partial charge in [0.15, 0.2) is 0 Å². The van der Waals surface area contributed by atoms with Crippen molar-refractivity contribution < 1.29 is 9.21 Å². The number of rotatable bonds is 4. The Hall–Kier alpha value is -2.23. The number of nitrogens with one attached hydrogen (secondary N) is 1. The SMILES string of the molecule is Nc1ccc(C(=O)NCCc2ccco2)cc1. The number of nitrogens with two attached hydrogens (primary N) is 1. The summed E-state index contributed by atoms with van der Waals surface area (Å²) in [4.78, 5) is 11.7. The second-order valence-corrected chi connectivity index (χ2v) is 3.71. The van der Waals surface area contributed by atoms with Crippen LogP contribution in [-0.2, 0) is 6.42 Å². The van der Waals surface area contributed by atoms with E-state index in [4.69, 9.17) is 10.2 Å². The van der Waals surface area contributed by atoms with Gasteiger partial charge < -0.3 is 15.5 Å². The van der Waals surface area contributed by atoms with E-state index in [2.05, 4.69) is 5.32 Å². The molecule has 1 heterocycles. The summed E-state index contributed by atoms with van der Waals surface area (Å²) in [6.45, 7) is 0.552. The summed E-state index contributed by atoms with van der Waals surface area (Å²) in [6, 6.07) is 10.5. The van der Waals surface area contributed by atoms with E-state index in [-0.39, 0.29) is 5.91 Å². The molecule has 0 radical (unpaired) electrons. The Morgan fingerprint density at radius 3 is 2.65 bits per heavy atom. The van der Waals surface area contributed by atoms with Gasteiger partial charge in [0, 0.05) is 24.2 Å². The van der Waals surface area contributed by atoms with Crippen molar-refractivity contribution in [3.8, 4) is 0 Å². The molecule has 2 rings (SSSR count). The van der Waals surface area contributed by atoms with Crippen LogP contribution in [-0.4, -0.2) is 12.5 Å². The van der Waals surface area contributed by atoms with Crippen molar-refractivity contribution in [2.45, 2.75) is 6.42 Å². The van der Waals surface area contributed by atoms with Crippen LogP contribution in [0.25, 0.3) is 0 Å². The molecule has 4 heteroatoms.